The summed E-state index contributed by atoms with van der Waals surface area (Å²) in [6.45, 7) is 18.1. The van der Waals surface area contributed by atoms with Crippen molar-refractivity contribution < 1.29 is 0 Å². The van der Waals surface area contributed by atoms with E-state index in [9.17, 15) is 0 Å². The lowest BCUT2D eigenvalue weighted by Crippen LogP contribution is -2.13. The predicted octanol–water partition coefficient (Wildman–Crippen LogP) is 7.18. The molecule has 0 N–H and O–H groups in total. The second kappa shape index (κ2) is 7.51. The molecular weight excluding hydrogens is 276 g/mol. The summed E-state index contributed by atoms with van der Waals surface area (Å²) in [5.74, 6) is 1.77. The first-order valence-electron chi connectivity index (χ1n) is 9.24. The van der Waals surface area contributed by atoms with Gasteiger partial charge in [0.1, 0.15) is 0 Å². The van der Waals surface area contributed by atoms with Gasteiger partial charge in [-0.1, -0.05) is 44.1 Å². The lowest BCUT2D eigenvalue weighted by molar-refractivity contribution is 0.289. The van der Waals surface area contributed by atoms with E-state index < -0.39 is 0 Å². The summed E-state index contributed by atoms with van der Waals surface area (Å²) in [5.41, 5.74) is 9.77. The van der Waals surface area contributed by atoms with E-state index in [1.54, 1.807) is 0 Å². The molecule has 1 aromatic rings. The highest BCUT2D eigenvalue weighted by molar-refractivity contribution is 5.75. The number of allylic oxidation sites excluding steroid dienone is 3. The van der Waals surface area contributed by atoms with E-state index in [-0.39, 0.29) is 0 Å². The Hall–Kier alpha value is -1.30. The number of hydrogen-bond acceptors (Lipinski definition) is 0. The summed E-state index contributed by atoms with van der Waals surface area (Å²) in [6, 6.07) is 4.48. The fourth-order valence-corrected chi connectivity index (χ4v) is 4.02. The molecule has 1 aliphatic carbocycles. The predicted molar refractivity (Wildman–Crippen MR) is 104 cm³/mol. The average molecular weight is 311 g/mol. The molecule has 0 heteroatoms. The second-order valence-electron chi connectivity index (χ2n) is 7.88. The summed E-state index contributed by atoms with van der Waals surface area (Å²) in [6.07, 6.45) is 6.75. The molecule has 0 radical (unpaired) electrons. The molecule has 0 nitrogen and oxygen atoms in total. The van der Waals surface area contributed by atoms with Crippen LogP contribution in [0.4, 0.5) is 0 Å². The van der Waals surface area contributed by atoms with Crippen molar-refractivity contribution >= 4 is 5.57 Å². The zero-order valence-corrected chi connectivity index (χ0v) is 16.1. The van der Waals surface area contributed by atoms with Gasteiger partial charge in [-0.15, -0.1) is 0 Å². The van der Waals surface area contributed by atoms with Gasteiger partial charge in [0, 0.05) is 0 Å². The van der Waals surface area contributed by atoms with Crippen molar-refractivity contribution in [1.82, 2.24) is 0 Å². The molecule has 1 aliphatic rings. The van der Waals surface area contributed by atoms with E-state index in [0.29, 0.717) is 0 Å². The van der Waals surface area contributed by atoms with E-state index in [4.69, 9.17) is 0 Å². The van der Waals surface area contributed by atoms with Crippen LogP contribution in [-0.2, 0) is 0 Å². The zero-order valence-electron chi connectivity index (χ0n) is 16.1. The van der Waals surface area contributed by atoms with Crippen LogP contribution < -0.4 is 0 Å². The van der Waals surface area contributed by atoms with Gasteiger partial charge in [0.25, 0.3) is 0 Å². The van der Waals surface area contributed by atoms with Gasteiger partial charge in [0.2, 0.25) is 0 Å². The molecule has 0 bridgehead atoms. The second-order valence-corrected chi connectivity index (χ2v) is 7.88. The number of rotatable bonds is 4. The first-order valence-corrected chi connectivity index (χ1v) is 9.24. The Labute approximate surface area is 143 Å². The molecule has 1 fully saturated rings. The van der Waals surface area contributed by atoms with E-state index >= 15 is 0 Å². The molecule has 1 saturated carbocycles. The van der Waals surface area contributed by atoms with Gasteiger partial charge in [-0.3, -0.25) is 0 Å². The van der Waals surface area contributed by atoms with Crippen LogP contribution in [-0.4, -0.2) is 0 Å². The van der Waals surface area contributed by atoms with Gasteiger partial charge in [0.15, 0.2) is 0 Å². The summed E-state index contributed by atoms with van der Waals surface area (Å²) >= 11 is 0. The molecule has 1 aromatic carbocycles. The fraction of sp³-hybridized carbons (Fsp3) is 0.565. The van der Waals surface area contributed by atoms with Gasteiger partial charge in [-0.05, 0) is 99.1 Å². The molecule has 0 atom stereocenters. The Kier molecular flexibility index (Phi) is 5.89. The fourth-order valence-electron chi connectivity index (χ4n) is 4.02. The number of benzene rings is 1. The third kappa shape index (κ3) is 4.16. The monoisotopic (exact) mass is 310 g/mol. The third-order valence-electron chi connectivity index (χ3n) is 6.08. The minimum Gasteiger partial charge on any atom is -0.0955 e. The Balaban J connectivity index is 2.20. The van der Waals surface area contributed by atoms with Crippen molar-refractivity contribution in [3.8, 4) is 0 Å². The molecule has 23 heavy (non-hydrogen) atoms. The average Bonchev–Trinajstić information content (AvgIpc) is 2.52. The Morgan fingerprint density at radius 3 is 2.17 bits per heavy atom. The van der Waals surface area contributed by atoms with E-state index in [2.05, 4.69) is 60.3 Å². The molecule has 0 heterocycles. The molecule has 0 aliphatic heterocycles. The molecule has 126 valence electrons. The molecule has 0 aromatic heterocycles. The highest BCUT2D eigenvalue weighted by Gasteiger charge is 2.20. The Morgan fingerprint density at radius 1 is 1.00 bits per heavy atom. The van der Waals surface area contributed by atoms with Crippen LogP contribution >= 0.6 is 0 Å². The SMILES string of the molecule is C=C(CC1CCC(C)CC1)/C(C)=C(\C)c1c(C)ccc(C)c1C. The smallest absolute Gasteiger partial charge is 0.0163 e. The maximum Gasteiger partial charge on any atom is -0.0163 e. The number of aryl methyl sites for hydroxylation is 2. The molecule has 0 saturated heterocycles. The lowest BCUT2D eigenvalue weighted by Gasteiger charge is -2.27. The first kappa shape index (κ1) is 18.0. The van der Waals surface area contributed by atoms with Crippen molar-refractivity contribution in [2.24, 2.45) is 11.8 Å². The van der Waals surface area contributed by atoms with Crippen LogP contribution in [0.25, 0.3) is 5.57 Å². The van der Waals surface area contributed by atoms with Gasteiger partial charge >= 0.3 is 0 Å². The van der Waals surface area contributed by atoms with Gasteiger partial charge in [0.05, 0.1) is 0 Å². The summed E-state index contributed by atoms with van der Waals surface area (Å²) < 4.78 is 0. The first-order chi connectivity index (χ1) is 10.8. The summed E-state index contributed by atoms with van der Waals surface area (Å²) in [7, 11) is 0. The molecule has 0 unspecified atom stereocenters. The molecular formula is C23H34. The van der Waals surface area contributed by atoms with Crippen LogP contribution in [0, 0.1) is 32.6 Å². The van der Waals surface area contributed by atoms with Gasteiger partial charge < -0.3 is 0 Å². The van der Waals surface area contributed by atoms with E-state index in [0.717, 1.165) is 11.8 Å². The molecule has 0 amide bonds. The van der Waals surface area contributed by atoms with Crippen molar-refractivity contribution in [2.45, 2.75) is 73.6 Å². The summed E-state index contributed by atoms with van der Waals surface area (Å²) in [4.78, 5) is 0. The molecule has 0 spiro atoms. The Bertz CT molecular complexity index is 607. The maximum absolute atomic E-state index is 4.44. The highest BCUT2D eigenvalue weighted by atomic mass is 14.3. The largest absolute Gasteiger partial charge is 0.0955 e. The van der Waals surface area contributed by atoms with Crippen molar-refractivity contribution in [1.29, 1.82) is 0 Å². The Morgan fingerprint density at radius 2 is 1.57 bits per heavy atom. The van der Waals surface area contributed by atoms with Crippen molar-refractivity contribution in [3.05, 3.63) is 52.1 Å². The minimum absolute atomic E-state index is 0.848. The standard InChI is InChI=1S/C23H34/c1-15-8-12-22(13-9-15)14-18(4)19(5)21(7)23-17(3)11-10-16(2)20(23)6/h10-11,15,22H,4,8-9,12-14H2,1-3,5-7H3/b21-19+. The summed E-state index contributed by atoms with van der Waals surface area (Å²) in [5, 5.41) is 0. The van der Waals surface area contributed by atoms with Gasteiger partial charge in [-0.25, -0.2) is 0 Å². The molecule has 2 rings (SSSR count). The number of hydrogen-bond donors (Lipinski definition) is 0. The van der Waals surface area contributed by atoms with E-state index in [1.165, 1.54) is 71.1 Å². The lowest BCUT2D eigenvalue weighted by atomic mass is 9.78. The van der Waals surface area contributed by atoms with Crippen LogP contribution in [0.2, 0.25) is 0 Å². The van der Waals surface area contributed by atoms with Crippen molar-refractivity contribution in [3.63, 3.8) is 0 Å². The van der Waals surface area contributed by atoms with E-state index in [1.807, 2.05) is 0 Å². The van der Waals surface area contributed by atoms with Crippen LogP contribution in [0.5, 0.6) is 0 Å². The van der Waals surface area contributed by atoms with Crippen LogP contribution in [0.3, 0.4) is 0 Å². The van der Waals surface area contributed by atoms with Crippen LogP contribution in [0.1, 0.15) is 75.1 Å². The maximum atomic E-state index is 4.44. The normalized spacial score (nSPS) is 22.7. The van der Waals surface area contributed by atoms with Crippen molar-refractivity contribution in [2.75, 3.05) is 0 Å². The van der Waals surface area contributed by atoms with Crippen LogP contribution in [0.15, 0.2) is 29.9 Å². The highest BCUT2D eigenvalue weighted by Crippen LogP contribution is 2.36. The van der Waals surface area contributed by atoms with Gasteiger partial charge in [-0.2, -0.15) is 0 Å². The quantitative estimate of drug-likeness (QED) is 0.517. The third-order valence-corrected chi connectivity index (χ3v) is 6.08. The topological polar surface area (TPSA) is 0 Å². The zero-order chi connectivity index (χ0) is 17.1. The minimum atomic E-state index is 0.848.